The van der Waals surface area contributed by atoms with E-state index in [4.69, 9.17) is 11.5 Å². The van der Waals surface area contributed by atoms with Gasteiger partial charge in [0, 0.05) is 17.8 Å². The van der Waals surface area contributed by atoms with E-state index in [0.29, 0.717) is 11.3 Å². The minimum Gasteiger partial charge on any atom is -0.370 e. The second kappa shape index (κ2) is 9.65. The molecule has 3 aromatic rings. The Morgan fingerprint density at radius 3 is 2.52 bits per heavy atom. The standard InChI is InChI=1S/C30H31N9O5/c1-16-7-5-11-19-18(16)10-6-12-20(19)25(41)34-22-14-39-27(32)33-21(24-29(39,30(22,43)44)36-26(31)35-24)13-38-23(40)15-37(28(38)42)17-8-3-2-4-9-17/h2-12,21-22,24,43-44H,13-15H2,1H3,(H2,32,33)(H,34,41)(H3,31,35,36)/t21-,22?,24-,29?/m0/s1. The zero-order valence-electron chi connectivity index (χ0n) is 23.7. The molecule has 226 valence electrons. The van der Waals surface area contributed by atoms with Crippen LogP contribution in [0.3, 0.4) is 0 Å². The third-order valence-corrected chi connectivity index (χ3v) is 8.99. The first-order valence-corrected chi connectivity index (χ1v) is 14.2. The lowest BCUT2D eigenvalue weighted by molar-refractivity contribution is -0.230. The highest BCUT2D eigenvalue weighted by molar-refractivity contribution is 6.12. The molecule has 2 fully saturated rings. The number of nitrogens with zero attached hydrogens (tertiary/aromatic N) is 5. The van der Waals surface area contributed by atoms with Gasteiger partial charge in [0.05, 0.1) is 12.6 Å². The van der Waals surface area contributed by atoms with Crippen molar-refractivity contribution in [1.82, 2.24) is 20.4 Å². The number of benzene rings is 3. The molecule has 4 aliphatic rings. The smallest absolute Gasteiger partial charge is 0.331 e. The van der Waals surface area contributed by atoms with Gasteiger partial charge < -0.3 is 37.2 Å². The molecular weight excluding hydrogens is 566 g/mol. The topological polar surface area (TPSA) is 202 Å². The van der Waals surface area contributed by atoms with Crippen molar-refractivity contribution in [3.8, 4) is 0 Å². The van der Waals surface area contributed by atoms with Crippen LogP contribution in [0.15, 0.2) is 76.7 Å². The molecule has 0 radical (unpaired) electrons. The summed E-state index contributed by atoms with van der Waals surface area (Å²) in [5.41, 5.74) is 12.6. The maximum atomic E-state index is 13.6. The van der Waals surface area contributed by atoms with E-state index in [0.717, 1.165) is 21.2 Å². The van der Waals surface area contributed by atoms with Gasteiger partial charge >= 0.3 is 6.03 Å². The van der Waals surface area contributed by atoms with E-state index in [9.17, 15) is 24.6 Å². The van der Waals surface area contributed by atoms with Crippen LogP contribution in [-0.2, 0) is 4.79 Å². The lowest BCUT2D eigenvalue weighted by Gasteiger charge is -2.49. The average Bonchev–Trinajstić information content (AvgIpc) is 3.58. The predicted octanol–water partition coefficient (Wildman–Crippen LogP) is -0.608. The lowest BCUT2D eigenvalue weighted by Crippen LogP contribution is -2.78. The van der Waals surface area contributed by atoms with Gasteiger partial charge in [-0.2, -0.15) is 0 Å². The summed E-state index contributed by atoms with van der Waals surface area (Å²) in [7, 11) is 0. The molecule has 8 N–H and O–H groups in total. The number of nitrogens with two attached hydrogens (primary N) is 2. The molecule has 14 heteroatoms. The molecule has 2 saturated heterocycles. The number of hydrogen-bond acceptors (Lipinski definition) is 11. The monoisotopic (exact) mass is 597 g/mol. The molecule has 4 amide bonds. The third-order valence-electron chi connectivity index (χ3n) is 8.99. The number of anilines is 1. The quantitative estimate of drug-likeness (QED) is 0.164. The molecule has 4 atom stereocenters. The number of fused-ring (bicyclic) bond motifs is 1. The van der Waals surface area contributed by atoms with Gasteiger partial charge in [-0.25, -0.2) is 14.8 Å². The Hall–Kier alpha value is -5.21. The number of carbonyl (C=O) groups is 3. The van der Waals surface area contributed by atoms with E-state index in [1.807, 2.05) is 31.2 Å². The number of carbonyl (C=O) groups excluding carboxylic acids is 3. The van der Waals surface area contributed by atoms with E-state index >= 15 is 0 Å². The Morgan fingerprint density at radius 1 is 1.02 bits per heavy atom. The molecule has 0 aromatic heterocycles. The molecule has 44 heavy (non-hydrogen) atoms. The highest BCUT2D eigenvalue weighted by Crippen LogP contribution is 2.45. The number of hydrogen-bond donors (Lipinski definition) is 6. The molecule has 1 spiro atoms. The minimum absolute atomic E-state index is 0.0901. The molecule has 0 aliphatic carbocycles. The van der Waals surface area contributed by atoms with Crippen LogP contribution in [0.25, 0.3) is 10.8 Å². The lowest BCUT2D eigenvalue weighted by atomic mass is 9.84. The van der Waals surface area contributed by atoms with Crippen LogP contribution in [0.2, 0.25) is 0 Å². The van der Waals surface area contributed by atoms with Crippen LogP contribution in [0.1, 0.15) is 15.9 Å². The van der Waals surface area contributed by atoms with Crippen LogP contribution in [-0.4, -0.2) is 99.0 Å². The number of imide groups is 1. The molecule has 4 aliphatic heterocycles. The fourth-order valence-corrected chi connectivity index (χ4v) is 6.85. The highest BCUT2D eigenvalue weighted by Gasteiger charge is 2.73. The van der Waals surface area contributed by atoms with Crippen molar-refractivity contribution in [2.75, 3.05) is 24.5 Å². The van der Waals surface area contributed by atoms with Crippen molar-refractivity contribution in [1.29, 1.82) is 0 Å². The van der Waals surface area contributed by atoms with Crippen LogP contribution in [0.4, 0.5) is 10.5 Å². The third kappa shape index (κ3) is 3.84. The highest BCUT2D eigenvalue weighted by atomic mass is 16.5. The summed E-state index contributed by atoms with van der Waals surface area (Å²) < 4.78 is 0. The Bertz CT molecular complexity index is 1780. The number of urea groups is 1. The summed E-state index contributed by atoms with van der Waals surface area (Å²) in [5, 5.41) is 30.9. The van der Waals surface area contributed by atoms with Gasteiger partial charge in [0.15, 0.2) is 17.6 Å². The number of para-hydroxylation sites is 1. The van der Waals surface area contributed by atoms with E-state index in [1.165, 1.54) is 9.80 Å². The van der Waals surface area contributed by atoms with Gasteiger partial charge in [0.1, 0.15) is 18.6 Å². The van der Waals surface area contributed by atoms with Gasteiger partial charge in [0.2, 0.25) is 5.79 Å². The van der Waals surface area contributed by atoms with E-state index < -0.39 is 47.4 Å². The molecule has 3 aromatic carbocycles. The van der Waals surface area contributed by atoms with Crippen molar-refractivity contribution in [2.45, 2.75) is 36.5 Å². The van der Waals surface area contributed by atoms with Gasteiger partial charge in [-0.15, -0.1) is 0 Å². The number of aryl methyl sites for hydroxylation is 1. The average molecular weight is 598 g/mol. The molecule has 2 unspecified atom stereocenters. The first-order valence-electron chi connectivity index (χ1n) is 14.2. The van der Waals surface area contributed by atoms with E-state index in [1.54, 1.807) is 42.5 Å². The summed E-state index contributed by atoms with van der Waals surface area (Å²) in [6.07, 6.45) is 0. The fourth-order valence-electron chi connectivity index (χ4n) is 6.85. The van der Waals surface area contributed by atoms with E-state index in [2.05, 4.69) is 20.6 Å². The Labute approximate surface area is 251 Å². The first-order chi connectivity index (χ1) is 21.0. The number of rotatable bonds is 5. The summed E-state index contributed by atoms with van der Waals surface area (Å²) in [5.74, 6) is -3.84. The van der Waals surface area contributed by atoms with Crippen LogP contribution >= 0.6 is 0 Å². The van der Waals surface area contributed by atoms with Gasteiger partial charge in [-0.05, 0) is 41.5 Å². The molecule has 7 rings (SSSR count). The van der Waals surface area contributed by atoms with E-state index in [-0.39, 0.29) is 31.6 Å². The number of guanidine groups is 2. The van der Waals surface area contributed by atoms with Gasteiger partial charge in [-0.1, -0.05) is 48.5 Å². The number of aliphatic imine (C=N–C) groups is 2. The van der Waals surface area contributed by atoms with Gasteiger partial charge in [-0.3, -0.25) is 19.4 Å². The predicted molar refractivity (Wildman–Crippen MR) is 161 cm³/mol. The second-order valence-electron chi connectivity index (χ2n) is 11.5. The molecule has 0 bridgehead atoms. The second-order valence-corrected chi connectivity index (χ2v) is 11.5. The molecule has 0 saturated carbocycles. The van der Waals surface area contributed by atoms with Crippen LogP contribution in [0.5, 0.6) is 0 Å². The largest absolute Gasteiger partial charge is 0.370 e. The minimum atomic E-state index is -2.67. The van der Waals surface area contributed by atoms with Crippen LogP contribution < -0.4 is 27.0 Å². The van der Waals surface area contributed by atoms with Crippen molar-refractivity contribution in [3.05, 3.63) is 77.9 Å². The summed E-state index contributed by atoms with van der Waals surface area (Å²) in [6.45, 7) is 1.41. The van der Waals surface area contributed by atoms with Crippen molar-refractivity contribution in [3.63, 3.8) is 0 Å². The van der Waals surface area contributed by atoms with Crippen molar-refractivity contribution >= 4 is 46.2 Å². The Balaban J connectivity index is 1.18. The fraction of sp³-hybridized carbons (Fsp3) is 0.300. The molecular formula is C30H31N9O5. The van der Waals surface area contributed by atoms with Crippen molar-refractivity contribution in [2.24, 2.45) is 21.5 Å². The summed E-state index contributed by atoms with van der Waals surface area (Å²) in [6, 6.07) is 15.9. The van der Waals surface area contributed by atoms with Gasteiger partial charge in [0.25, 0.3) is 11.8 Å². The first kappa shape index (κ1) is 27.6. The SMILES string of the molecule is Cc1cccc2c(C(=O)NC3CN4C(N)=N[C@@H](CN5C(=O)CN(c6ccccc6)C5=O)[C@@H]5N=C(N)NC54C3(O)O)cccc12. The summed E-state index contributed by atoms with van der Waals surface area (Å²) in [4.78, 5) is 52.7. The molecule has 14 nitrogen and oxygen atoms in total. The Morgan fingerprint density at radius 2 is 1.75 bits per heavy atom. The number of nitrogens with one attached hydrogen (secondary N) is 2. The molecule has 4 heterocycles. The number of aliphatic hydroxyl groups is 2. The maximum absolute atomic E-state index is 13.6. The van der Waals surface area contributed by atoms with Crippen LogP contribution in [0, 0.1) is 6.92 Å². The zero-order chi connectivity index (χ0) is 31.0. The number of amides is 4. The zero-order valence-corrected chi connectivity index (χ0v) is 23.7. The maximum Gasteiger partial charge on any atom is 0.331 e. The Kier molecular flexibility index (Phi) is 6.06. The summed E-state index contributed by atoms with van der Waals surface area (Å²) >= 11 is 0. The van der Waals surface area contributed by atoms with Crippen molar-refractivity contribution < 1.29 is 24.6 Å². The normalized spacial score (nSPS) is 27.2.